The lowest BCUT2D eigenvalue weighted by molar-refractivity contribution is 0.310. The van der Waals surface area contributed by atoms with Crippen molar-refractivity contribution in [2.75, 3.05) is 13.7 Å². The van der Waals surface area contributed by atoms with E-state index in [9.17, 15) is 0 Å². The summed E-state index contributed by atoms with van der Waals surface area (Å²) in [6.07, 6.45) is 0.776. The van der Waals surface area contributed by atoms with Crippen LogP contribution in [0.1, 0.15) is 31.9 Å². The van der Waals surface area contributed by atoms with E-state index in [4.69, 9.17) is 15.2 Å². The Balaban J connectivity index is 2.94. The van der Waals surface area contributed by atoms with E-state index < -0.39 is 0 Å². The van der Waals surface area contributed by atoms with Crippen LogP contribution in [0.3, 0.4) is 0 Å². The van der Waals surface area contributed by atoms with Crippen LogP contribution in [-0.2, 0) is 0 Å². The van der Waals surface area contributed by atoms with Crippen molar-refractivity contribution in [3.05, 3.63) is 35.9 Å². The summed E-state index contributed by atoms with van der Waals surface area (Å²) >= 11 is 0. The molecule has 3 heteroatoms. The lowest BCUT2D eigenvalue weighted by Gasteiger charge is -2.15. The molecule has 94 valence electrons. The third kappa shape index (κ3) is 3.79. The highest BCUT2D eigenvalue weighted by Gasteiger charge is 2.10. The van der Waals surface area contributed by atoms with E-state index in [2.05, 4.69) is 6.58 Å². The van der Waals surface area contributed by atoms with E-state index in [0.717, 1.165) is 29.1 Å². The molecule has 0 radical (unpaired) electrons. The lowest BCUT2D eigenvalue weighted by Crippen LogP contribution is -2.10. The fourth-order valence-corrected chi connectivity index (χ4v) is 1.69. The monoisotopic (exact) mass is 235 g/mol. The van der Waals surface area contributed by atoms with Crippen molar-refractivity contribution in [2.24, 2.45) is 5.73 Å². The fraction of sp³-hybridized carbons (Fsp3) is 0.429. The molecule has 0 saturated heterocycles. The van der Waals surface area contributed by atoms with Crippen molar-refractivity contribution in [3.8, 4) is 11.5 Å². The van der Waals surface area contributed by atoms with Crippen LogP contribution in [0.4, 0.5) is 0 Å². The smallest absolute Gasteiger partial charge is 0.161 e. The van der Waals surface area contributed by atoms with Crippen LogP contribution in [0.2, 0.25) is 0 Å². The maximum atomic E-state index is 6.10. The van der Waals surface area contributed by atoms with Gasteiger partial charge in [0, 0.05) is 6.04 Å². The summed E-state index contributed by atoms with van der Waals surface area (Å²) in [5.74, 6) is 1.47. The third-order valence-corrected chi connectivity index (χ3v) is 2.48. The van der Waals surface area contributed by atoms with Gasteiger partial charge in [-0.1, -0.05) is 11.6 Å². The molecule has 1 rings (SSSR count). The second-order valence-corrected chi connectivity index (χ2v) is 4.11. The summed E-state index contributed by atoms with van der Waals surface area (Å²) < 4.78 is 10.8. The second-order valence-electron chi connectivity index (χ2n) is 4.11. The maximum Gasteiger partial charge on any atom is 0.161 e. The molecule has 0 unspecified atom stereocenters. The van der Waals surface area contributed by atoms with Crippen molar-refractivity contribution >= 4 is 0 Å². The molecule has 0 aliphatic carbocycles. The zero-order valence-electron chi connectivity index (χ0n) is 10.8. The van der Waals surface area contributed by atoms with E-state index in [-0.39, 0.29) is 6.04 Å². The first kappa shape index (κ1) is 13.6. The first-order chi connectivity index (χ1) is 8.08. The minimum absolute atomic E-state index is 0.0439. The summed E-state index contributed by atoms with van der Waals surface area (Å²) in [4.78, 5) is 0. The van der Waals surface area contributed by atoms with Crippen molar-refractivity contribution in [2.45, 2.75) is 26.3 Å². The van der Waals surface area contributed by atoms with E-state index in [1.54, 1.807) is 7.11 Å². The van der Waals surface area contributed by atoms with Crippen LogP contribution in [0.25, 0.3) is 0 Å². The van der Waals surface area contributed by atoms with E-state index in [1.165, 1.54) is 0 Å². The van der Waals surface area contributed by atoms with Crippen LogP contribution < -0.4 is 15.2 Å². The van der Waals surface area contributed by atoms with Gasteiger partial charge < -0.3 is 15.2 Å². The standard InChI is InChI=1S/C14H21NO2/c1-5-17-14-9-11(6-7-13(14)16-4)12(15)8-10(2)3/h6-7,9,12H,2,5,8,15H2,1,3-4H3/t12-/m1/s1. The van der Waals surface area contributed by atoms with Crippen molar-refractivity contribution in [1.82, 2.24) is 0 Å². The van der Waals surface area contributed by atoms with Gasteiger partial charge in [0.15, 0.2) is 11.5 Å². The predicted octanol–water partition coefficient (Wildman–Crippen LogP) is 3.06. The van der Waals surface area contributed by atoms with E-state index in [0.29, 0.717) is 6.61 Å². The number of methoxy groups -OCH3 is 1. The van der Waals surface area contributed by atoms with Gasteiger partial charge in [-0.05, 0) is 38.0 Å². The normalized spacial score (nSPS) is 12.0. The minimum atomic E-state index is -0.0439. The zero-order chi connectivity index (χ0) is 12.8. The molecule has 0 bridgehead atoms. The lowest BCUT2D eigenvalue weighted by atomic mass is 10.0. The van der Waals surface area contributed by atoms with Gasteiger partial charge >= 0.3 is 0 Å². The second kappa shape index (κ2) is 6.30. The Morgan fingerprint density at radius 2 is 2.12 bits per heavy atom. The summed E-state index contributed by atoms with van der Waals surface area (Å²) in [6, 6.07) is 5.75. The molecule has 0 amide bonds. The van der Waals surface area contributed by atoms with Gasteiger partial charge in [-0.25, -0.2) is 0 Å². The molecule has 0 heterocycles. The van der Waals surface area contributed by atoms with Crippen LogP contribution in [0.15, 0.2) is 30.4 Å². The number of rotatable bonds is 6. The molecule has 2 N–H and O–H groups in total. The maximum absolute atomic E-state index is 6.10. The molecular weight excluding hydrogens is 214 g/mol. The molecule has 0 saturated carbocycles. The van der Waals surface area contributed by atoms with Crippen LogP contribution in [0, 0.1) is 0 Å². The molecule has 17 heavy (non-hydrogen) atoms. The predicted molar refractivity (Wildman–Crippen MR) is 70.5 cm³/mol. The highest BCUT2D eigenvalue weighted by Crippen LogP contribution is 2.31. The zero-order valence-corrected chi connectivity index (χ0v) is 10.8. The Bertz CT molecular complexity index is 388. The van der Waals surface area contributed by atoms with Gasteiger partial charge in [0.1, 0.15) is 0 Å². The van der Waals surface area contributed by atoms with Crippen LogP contribution in [-0.4, -0.2) is 13.7 Å². The summed E-state index contributed by atoms with van der Waals surface area (Å²) in [5.41, 5.74) is 8.21. The molecule has 0 aliphatic rings. The molecule has 3 nitrogen and oxygen atoms in total. The average Bonchev–Trinajstić information content (AvgIpc) is 2.28. The van der Waals surface area contributed by atoms with Gasteiger partial charge in [-0.3, -0.25) is 0 Å². The molecule has 0 spiro atoms. The highest BCUT2D eigenvalue weighted by atomic mass is 16.5. The molecule has 0 aromatic heterocycles. The number of ether oxygens (including phenoxy) is 2. The Labute approximate surface area is 103 Å². The Kier molecular flexibility index (Phi) is 5.04. The average molecular weight is 235 g/mol. The first-order valence-electron chi connectivity index (χ1n) is 5.79. The number of benzene rings is 1. The van der Waals surface area contributed by atoms with Gasteiger partial charge in [0.2, 0.25) is 0 Å². The molecule has 1 aromatic carbocycles. The molecule has 0 fully saturated rings. The number of nitrogens with two attached hydrogens (primary N) is 1. The quantitative estimate of drug-likeness (QED) is 0.771. The number of hydrogen-bond donors (Lipinski definition) is 1. The minimum Gasteiger partial charge on any atom is -0.493 e. The van der Waals surface area contributed by atoms with Crippen molar-refractivity contribution in [3.63, 3.8) is 0 Å². The highest BCUT2D eigenvalue weighted by molar-refractivity contribution is 5.44. The Morgan fingerprint density at radius 3 is 2.65 bits per heavy atom. The molecule has 0 aliphatic heterocycles. The van der Waals surface area contributed by atoms with Crippen molar-refractivity contribution < 1.29 is 9.47 Å². The summed E-state index contributed by atoms with van der Waals surface area (Å²) in [7, 11) is 1.63. The topological polar surface area (TPSA) is 44.5 Å². The third-order valence-electron chi connectivity index (χ3n) is 2.48. The summed E-state index contributed by atoms with van der Waals surface area (Å²) in [5, 5.41) is 0. The van der Waals surface area contributed by atoms with Gasteiger partial charge in [0.25, 0.3) is 0 Å². The summed E-state index contributed by atoms with van der Waals surface area (Å²) in [6.45, 7) is 8.41. The number of hydrogen-bond acceptors (Lipinski definition) is 3. The fourth-order valence-electron chi connectivity index (χ4n) is 1.69. The van der Waals surface area contributed by atoms with Gasteiger partial charge in [-0.15, -0.1) is 6.58 Å². The SMILES string of the molecule is C=C(C)C[C@@H](N)c1ccc(OC)c(OCC)c1. The van der Waals surface area contributed by atoms with Crippen molar-refractivity contribution in [1.29, 1.82) is 0 Å². The Morgan fingerprint density at radius 1 is 1.41 bits per heavy atom. The van der Waals surface area contributed by atoms with Crippen LogP contribution >= 0.6 is 0 Å². The Hall–Kier alpha value is -1.48. The van der Waals surface area contributed by atoms with Gasteiger partial charge in [0.05, 0.1) is 13.7 Å². The van der Waals surface area contributed by atoms with E-state index >= 15 is 0 Å². The molecular formula is C14H21NO2. The molecule has 1 aromatic rings. The van der Waals surface area contributed by atoms with Gasteiger partial charge in [-0.2, -0.15) is 0 Å². The van der Waals surface area contributed by atoms with E-state index in [1.807, 2.05) is 32.0 Å². The first-order valence-corrected chi connectivity index (χ1v) is 5.79. The largest absolute Gasteiger partial charge is 0.493 e. The van der Waals surface area contributed by atoms with Crippen LogP contribution in [0.5, 0.6) is 11.5 Å². The molecule has 1 atom stereocenters.